The largest absolute Gasteiger partial charge is 0.308 e. The van der Waals surface area contributed by atoms with Crippen LogP contribution in [0.5, 0.6) is 0 Å². The summed E-state index contributed by atoms with van der Waals surface area (Å²) in [5.74, 6) is 1.63. The Labute approximate surface area is 112 Å². The van der Waals surface area contributed by atoms with Crippen LogP contribution in [0.3, 0.4) is 0 Å². The lowest BCUT2D eigenvalue weighted by atomic mass is 9.78. The summed E-state index contributed by atoms with van der Waals surface area (Å²) in [6.07, 6.45) is 8.27. The molecule has 2 aromatic heterocycles. The first-order valence-electron chi connectivity index (χ1n) is 6.88. The molecular weight excluding hydrogens is 242 g/mol. The summed E-state index contributed by atoms with van der Waals surface area (Å²) in [4.78, 5) is 5.71. The summed E-state index contributed by atoms with van der Waals surface area (Å²) in [7, 11) is 0. The Balaban J connectivity index is 1.62. The van der Waals surface area contributed by atoms with E-state index in [1.165, 1.54) is 19.3 Å². The molecule has 2 aromatic rings. The fourth-order valence-electron chi connectivity index (χ4n) is 2.97. The topological polar surface area (TPSA) is 29.3 Å². The van der Waals surface area contributed by atoms with Crippen LogP contribution in [0.25, 0.3) is 4.96 Å². The van der Waals surface area contributed by atoms with Crippen LogP contribution >= 0.6 is 11.3 Å². The first-order chi connectivity index (χ1) is 8.74. The zero-order chi connectivity index (χ0) is 12.5. The summed E-state index contributed by atoms with van der Waals surface area (Å²) in [5.41, 5.74) is 1.16. The third-order valence-corrected chi connectivity index (χ3v) is 5.17. The van der Waals surface area contributed by atoms with Crippen LogP contribution in [0.1, 0.15) is 38.8 Å². The summed E-state index contributed by atoms with van der Waals surface area (Å²) < 4.78 is 2.11. The van der Waals surface area contributed by atoms with Crippen LogP contribution in [0.2, 0.25) is 0 Å². The van der Waals surface area contributed by atoms with Crippen molar-refractivity contribution in [2.24, 2.45) is 11.8 Å². The van der Waals surface area contributed by atoms with Crippen LogP contribution in [-0.2, 0) is 6.54 Å². The molecule has 3 unspecified atom stereocenters. The third kappa shape index (κ3) is 2.31. The van der Waals surface area contributed by atoms with Gasteiger partial charge in [0.1, 0.15) is 0 Å². The van der Waals surface area contributed by atoms with Gasteiger partial charge in [-0.15, -0.1) is 11.3 Å². The summed E-state index contributed by atoms with van der Waals surface area (Å²) in [6.45, 7) is 5.66. The van der Waals surface area contributed by atoms with Crippen LogP contribution < -0.4 is 5.32 Å². The average Bonchev–Trinajstić information content (AvgIpc) is 2.91. The van der Waals surface area contributed by atoms with Crippen molar-refractivity contribution in [3.05, 3.63) is 23.5 Å². The Hall–Kier alpha value is -0.870. The molecule has 1 saturated carbocycles. The zero-order valence-electron chi connectivity index (χ0n) is 11.1. The van der Waals surface area contributed by atoms with E-state index < -0.39 is 0 Å². The quantitative estimate of drug-likeness (QED) is 0.920. The van der Waals surface area contributed by atoms with Gasteiger partial charge in [0.25, 0.3) is 0 Å². The predicted molar refractivity (Wildman–Crippen MR) is 75.9 cm³/mol. The lowest BCUT2D eigenvalue weighted by molar-refractivity contribution is 0.205. The molecule has 0 aliphatic heterocycles. The molecule has 0 spiro atoms. The highest BCUT2D eigenvalue weighted by molar-refractivity contribution is 7.15. The summed E-state index contributed by atoms with van der Waals surface area (Å²) in [5, 5.41) is 5.77. The molecule has 98 valence electrons. The number of nitrogens with zero attached hydrogens (tertiary/aromatic N) is 2. The van der Waals surface area contributed by atoms with Crippen LogP contribution in [-0.4, -0.2) is 15.4 Å². The molecule has 3 nitrogen and oxygen atoms in total. The van der Waals surface area contributed by atoms with Crippen molar-refractivity contribution in [1.82, 2.24) is 14.7 Å². The first-order valence-corrected chi connectivity index (χ1v) is 7.76. The summed E-state index contributed by atoms with van der Waals surface area (Å²) >= 11 is 1.69. The maximum Gasteiger partial charge on any atom is 0.193 e. The van der Waals surface area contributed by atoms with Crippen molar-refractivity contribution in [2.75, 3.05) is 0 Å². The minimum Gasteiger partial charge on any atom is -0.308 e. The van der Waals surface area contributed by atoms with Gasteiger partial charge in [0, 0.05) is 30.4 Å². The van der Waals surface area contributed by atoms with Crippen LogP contribution in [0, 0.1) is 11.8 Å². The van der Waals surface area contributed by atoms with E-state index in [4.69, 9.17) is 0 Å². The SMILES string of the molecule is CC1CCCC(NCc2cn3ccsc3n2)C1C. The molecule has 0 aromatic carbocycles. The van der Waals surface area contributed by atoms with E-state index in [1.807, 2.05) is 0 Å². The van der Waals surface area contributed by atoms with Crippen LogP contribution in [0.15, 0.2) is 17.8 Å². The highest BCUT2D eigenvalue weighted by Gasteiger charge is 2.26. The lowest BCUT2D eigenvalue weighted by Crippen LogP contribution is -2.40. The van der Waals surface area contributed by atoms with Gasteiger partial charge in [-0.05, 0) is 18.3 Å². The van der Waals surface area contributed by atoms with Gasteiger partial charge >= 0.3 is 0 Å². The number of hydrogen-bond donors (Lipinski definition) is 1. The molecule has 0 radical (unpaired) electrons. The van der Waals surface area contributed by atoms with Crippen molar-refractivity contribution in [2.45, 2.75) is 45.7 Å². The minimum absolute atomic E-state index is 0.661. The maximum absolute atomic E-state index is 4.62. The first kappa shape index (κ1) is 12.2. The number of rotatable bonds is 3. The molecule has 0 amide bonds. The number of hydrogen-bond acceptors (Lipinski definition) is 3. The highest BCUT2D eigenvalue weighted by atomic mass is 32.1. The van der Waals surface area contributed by atoms with Gasteiger partial charge in [0.15, 0.2) is 4.96 Å². The molecule has 1 N–H and O–H groups in total. The normalized spacial score (nSPS) is 28.9. The smallest absolute Gasteiger partial charge is 0.193 e. The zero-order valence-corrected chi connectivity index (χ0v) is 11.9. The molecule has 4 heteroatoms. The Morgan fingerprint density at radius 1 is 1.44 bits per heavy atom. The maximum atomic E-state index is 4.62. The molecule has 3 atom stereocenters. The number of imidazole rings is 1. The van der Waals surface area contributed by atoms with Crippen molar-refractivity contribution < 1.29 is 0 Å². The molecule has 1 aliphatic rings. The molecule has 2 heterocycles. The Morgan fingerprint density at radius 2 is 2.33 bits per heavy atom. The summed E-state index contributed by atoms with van der Waals surface area (Å²) in [6, 6.07) is 0.661. The molecule has 0 bridgehead atoms. The Morgan fingerprint density at radius 3 is 3.17 bits per heavy atom. The van der Waals surface area contributed by atoms with Gasteiger partial charge in [-0.1, -0.05) is 26.7 Å². The van der Waals surface area contributed by atoms with E-state index in [-0.39, 0.29) is 0 Å². The van der Waals surface area contributed by atoms with E-state index in [2.05, 4.69) is 46.3 Å². The second-order valence-electron chi connectivity index (χ2n) is 5.58. The van der Waals surface area contributed by atoms with Gasteiger partial charge < -0.3 is 5.32 Å². The van der Waals surface area contributed by atoms with Gasteiger partial charge in [-0.3, -0.25) is 4.40 Å². The number of thiazole rings is 1. The third-order valence-electron chi connectivity index (χ3n) is 4.40. The number of nitrogens with one attached hydrogen (secondary N) is 1. The van der Waals surface area contributed by atoms with Crippen molar-refractivity contribution >= 4 is 16.3 Å². The van der Waals surface area contributed by atoms with Gasteiger partial charge in [-0.2, -0.15) is 0 Å². The second kappa shape index (κ2) is 5.02. The van der Waals surface area contributed by atoms with Gasteiger partial charge in [0.05, 0.1) is 5.69 Å². The average molecular weight is 263 g/mol. The molecule has 1 fully saturated rings. The van der Waals surface area contributed by atoms with Crippen molar-refractivity contribution in [1.29, 1.82) is 0 Å². The van der Waals surface area contributed by atoms with E-state index >= 15 is 0 Å². The van der Waals surface area contributed by atoms with Crippen LogP contribution in [0.4, 0.5) is 0 Å². The van der Waals surface area contributed by atoms with Crippen molar-refractivity contribution in [3.8, 4) is 0 Å². The fourth-order valence-corrected chi connectivity index (χ4v) is 3.69. The van der Waals surface area contributed by atoms with Gasteiger partial charge in [0.2, 0.25) is 0 Å². The molecular formula is C14H21N3S. The number of fused-ring (bicyclic) bond motifs is 1. The Bertz CT molecular complexity index is 487. The molecule has 0 saturated heterocycles. The predicted octanol–water partition coefficient (Wildman–Crippen LogP) is 3.31. The minimum atomic E-state index is 0.661. The van der Waals surface area contributed by atoms with E-state index in [0.29, 0.717) is 6.04 Å². The van der Waals surface area contributed by atoms with E-state index in [0.717, 1.165) is 29.0 Å². The highest BCUT2D eigenvalue weighted by Crippen LogP contribution is 2.29. The van der Waals surface area contributed by atoms with E-state index in [9.17, 15) is 0 Å². The molecule has 18 heavy (non-hydrogen) atoms. The molecule has 3 rings (SSSR count). The second-order valence-corrected chi connectivity index (χ2v) is 6.45. The monoisotopic (exact) mass is 263 g/mol. The van der Waals surface area contributed by atoms with E-state index in [1.54, 1.807) is 11.3 Å². The lowest BCUT2D eigenvalue weighted by Gasteiger charge is -2.34. The standard InChI is InChI=1S/C14H21N3S/c1-10-4-3-5-13(11(10)2)15-8-12-9-17-6-7-18-14(17)16-12/h6-7,9-11,13,15H,3-5,8H2,1-2H3. The van der Waals surface area contributed by atoms with Crippen molar-refractivity contribution in [3.63, 3.8) is 0 Å². The number of aromatic nitrogens is 2. The Kier molecular flexibility index (Phi) is 3.39. The van der Waals surface area contributed by atoms with Gasteiger partial charge in [-0.25, -0.2) is 4.98 Å². The fraction of sp³-hybridized carbons (Fsp3) is 0.643. The molecule has 1 aliphatic carbocycles.